The highest BCUT2D eigenvalue weighted by atomic mass is 16.2. The van der Waals surface area contributed by atoms with Crippen molar-refractivity contribution in [3.63, 3.8) is 0 Å². The molecule has 0 spiro atoms. The van der Waals surface area contributed by atoms with Gasteiger partial charge in [-0.25, -0.2) is 0 Å². The maximum Gasteiger partial charge on any atom is 0.253 e. The largest absolute Gasteiger partial charge is 0.339 e. The first-order valence-corrected chi connectivity index (χ1v) is 7.98. The first kappa shape index (κ1) is 14.8. The Labute approximate surface area is 132 Å². The van der Waals surface area contributed by atoms with Gasteiger partial charge >= 0.3 is 0 Å². The number of carbonyl (C=O) groups is 1. The van der Waals surface area contributed by atoms with Gasteiger partial charge in [0.2, 0.25) is 0 Å². The first-order chi connectivity index (χ1) is 10.7. The summed E-state index contributed by atoms with van der Waals surface area (Å²) in [5, 5.41) is 0. The smallest absolute Gasteiger partial charge is 0.253 e. The minimum absolute atomic E-state index is 0.142. The van der Waals surface area contributed by atoms with Crippen LogP contribution in [0.3, 0.4) is 0 Å². The molecule has 3 rings (SSSR count). The highest BCUT2D eigenvalue weighted by molar-refractivity contribution is 5.94. The van der Waals surface area contributed by atoms with Gasteiger partial charge in [-0.1, -0.05) is 30.3 Å². The summed E-state index contributed by atoms with van der Waals surface area (Å²) in [6.07, 6.45) is 5.01. The Kier molecular flexibility index (Phi) is 4.52. The normalized spacial score (nSPS) is 15.8. The number of carbonyl (C=O) groups excluding carboxylic acids is 1. The van der Waals surface area contributed by atoms with Gasteiger partial charge in [0.1, 0.15) is 0 Å². The lowest BCUT2D eigenvalue weighted by Crippen LogP contribution is -2.38. The number of amides is 1. The number of piperidine rings is 1. The number of benzene rings is 1. The molecule has 0 N–H and O–H groups in total. The van der Waals surface area contributed by atoms with Crippen molar-refractivity contribution in [3.05, 3.63) is 65.5 Å². The van der Waals surface area contributed by atoms with Gasteiger partial charge in [0.05, 0.1) is 0 Å². The van der Waals surface area contributed by atoms with E-state index in [0.29, 0.717) is 5.92 Å². The molecule has 0 unspecified atom stereocenters. The van der Waals surface area contributed by atoms with Crippen molar-refractivity contribution >= 4 is 5.91 Å². The molecular weight excluding hydrogens is 272 g/mol. The Bertz CT molecular complexity index is 631. The summed E-state index contributed by atoms with van der Waals surface area (Å²) in [4.78, 5) is 18.7. The zero-order chi connectivity index (χ0) is 15.4. The summed E-state index contributed by atoms with van der Waals surface area (Å²) in [5.41, 5.74) is 3.05. The summed E-state index contributed by atoms with van der Waals surface area (Å²) in [6.45, 7) is 3.64. The molecule has 0 saturated carbocycles. The number of hydrogen-bond acceptors (Lipinski definition) is 2. The van der Waals surface area contributed by atoms with Crippen LogP contribution in [0.4, 0.5) is 0 Å². The third-order valence-corrected chi connectivity index (χ3v) is 4.41. The van der Waals surface area contributed by atoms with Gasteiger partial charge in [-0.3, -0.25) is 9.78 Å². The molecule has 0 aliphatic carbocycles. The number of aryl methyl sites for hydroxylation is 1. The Morgan fingerprint density at radius 1 is 1.18 bits per heavy atom. The summed E-state index contributed by atoms with van der Waals surface area (Å²) in [5.74, 6) is 0.828. The fourth-order valence-corrected chi connectivity index (χ4v) is 3.15. The van der Waals surface area contributed by atoms with Gasteiger partial charge < -0.3 is 4.90 Å². The van der Waals surface area contributed by atoms with Crippen LogP contribution in [0, 0.1) is 12.8 Å². The molecule has 1 amide bonds. The van der Waals surface area contributed by atoms with E-state index in [1.807, 2.05) is 24.0 Å². The third kappa shape index (κ3) is 3.53. The van der Waals surface area contributed by atoms with Crippen LogP contribution in [-0.2, 0) is 6.42 Å². The zero-order valence-electron chi connectivity index (χ0n) is 13.0. The molecule has 1 aliphatic rings. The quantitative estimate of drug-likeness (QED) is 0.868. The van der Waals surface area contributed by atoms with Gasteiger partial charge in [0, 0.05) is 30.5 Å². The van der Waals surface area contributed by atoms with Gasteiger partial charge in [0.15, 0.2) is 0 Å². The lowest BCUT2D eigenvalue weighted by Gasteiger charge is -2.32. The van der Waals surface area contributed by atoms with Crippen molar-refractivity contribution in [2.24, 2.45) is 5.92 Å². The molecule has 22 heavy (non-hydrogen) atoms. The van der Waals surface area contributed by atoms with Crippen LogP contribution in [0.25, 0.3) is 0 Å². The molecule has 1 aromatic carbocycles. The van der Waals surface area contributed by atoms with E-state index >= 15 is 0 Å². The fourth-order valence-electron chi connectivity index (χ4n) is 3.15. The maximum atomic E-state index is 12.5. The number of rotatable bonds is 3. The van der Waals surface area contributed by atoms with Crippen molar-refractivity contribution in [3.8, 4) is 0 Å². The highest BCUT2D eigenvalue weighted by Crippen LogP contribution is 2.22. The summed E-state index contributed by atoms with van der Waals surface area (Å²) in [7, 11) is 0. The standard InChI is InChI=1S/C19H22N2O/c1-15-13-18(7-10-20-15)19(22)21-11-8-17(9-12-21)14-16-5-3-2-4-6-16/h2-7,10,13,17H,8-9,11-12,14H2,1H3. The van der Waals surface area contributed by atoms with Crippen LogP contribution in [0.1, 0.15) is 34.5 Å². The molecule has 0 atom stereocenters. The van der Waals surface area contributed by atoms with Crippen molar-refractivity contribution in [1.29, 1.82) is 0 Å². The Morgan fingerprint density at radius 3 is 2.59 bits per heavy atom. The van der Waals surface area contributed by atoms with E-state index in [1.54, 1.807) is 6.20 Å². The van der Waals surface area contributed by atoms with Gasteiger partial charge in [0.25, 0.3) is 5.91 Å². The zero-order valence-corrected chi connectivity index (χ0v) is 13.0. The number of likely N-dealkylation sites (tertiary alicyclic amines) is 1. The maximum absolute atomic E-state index is 12.5. The molecule has 114 valence electrons. The molecule has 1 saturated heterocycles. The third-order valence-electron chi connectivity index (χ3n) is 4.41. The molecule has 1 aliphatic heterocycles. The number of nitrogens with zero attached hydrogens (tertiary/aromatic N) is 2. The van der Waals surface area contributed by atoms with E-state index in [-0.39, 0.29) is 5.91 Å². The second-order valence-electron chi connectivity index (χ2n) is 6.11. The summed E-state index contributed by atoms with van der Waals surface area (Å²) in [6, 6.07) is 14.3. The average Bonchev–Trinajstić information content (AvgIpc) is 2.56. The number of hydrogen-bond donors (Lipinski definition) is 0. The summed E-state index contributed by atoms with van der Waals surface area (Å²) >= 11 is 0. The van der Waals surface area contributed by atoms with Gasteiger partial charge in [-0.05, 0) is 49.8 Å². The number of pyridine rings is 1. The van der Waals surface area contributed by atoms with E-state index in [9.17, 15) is 4.79 Å². The van der Waals surface area contributed by atoms with Crippen LogP contribution in [0.15, 0.2) is 48.7 Å². The highest BCUT2D eigenvalue weighted by Gasteiger charge is 2.23. The van der Waals surface area contributed by atoms with E-state index in [4.69, 9.17) is 0 Å². The van der Waals surface area contributed by atoms with Crippen molar-refractivity contribution in [2.75, 3.05) is 13.1 Å². The first-order valence-electron chi connectivity index (χ1n) is 7.98. The van der Waals surface area contributed by atoms with E-state index in [0.717, 1.165) is 43.6 Å². The van der Waals surface area contributed by atoms with Crippen LogP contribution in [0.5, 0.6) is 0 Å². The van der Waals surface area contributed by atoms with Gasteiger partial charge in [-0.2, -0.15) is 0 Å². The van der Waals surface area contributed by atoms with Crippen molar-refractivity contribution in [1.82, 2.24) is 9.88 Å². The van der Waals surface area contributed by atoms with Crippen LogP contribution in [0.2, 0.25) is 0 Å². The summed E-state index contributed by atoms with van der Waals surface area (Å²) < 4.78 is 0. The molecule has 1 aromatic heterocycles. The van der Waals surface area contributed by atoms with Crippen molar-refractivity contribution in [2.45, 2.75) is 26.2 Å². The van der Waals surface area contributed by atoms with E-state index < -0.39 is 0 Å². The minimum Gasteiger partial charge on any atom is -0.339 e. The molecular formula is C19H22N2O. The van der Waals surface area contributed by atoms with E-state index in [1.165, 1.54) is 5.56 Å². The Balaban J connectivity index is 1.56. The monoisotopic (exact) mass is 294 g/mol. The molecule has 1 fully saturated rings. The number of aromatic nitrogens is 1. The van der Waals surface area contributed by atoms with Gasteiger partial charge in [-0.15, -0.1) is 0 Å². The Hall–Kier alpha value is -2.16. The fraction of sp³-hybridized carbons (Fsp3) is 0.368. The Morgan fingerprint density at radius 2 is 1.91 bits per heavy atom. The molecule has 3 nitrogen and oxygen atoms in total. The van der Waals surface area contributed by atoms with E-state index in [2.05, 4.69) is 35.3 Å². The predicted octanol–water partition coefficient (Wildman–Crippen LogP) is 3.48. The second-order valence-corrected chi connectivity index (χ2v) is 6.11. The average molecular weight is 294 g/mol. The molecule has 0 bridgehead atoms. The lowest BCUT2D eigenvalue weighted by molar-refractivity contribution is 0.0690. The molecule has 2 aromatic rings. The second kappa shape index (κ2) is 6.73. The lowest BCUT2D eigenvalue weighted by atomic mass is 9.90. The molecule has 0 radical (unpaired) electrons. The molecule has 2 heterocycles. The van der Waals surface area contributed by atoms with Crippen LogP contribution in [-0.4, -0.2) is 28.9 Å². The SMILES string of the molecule is Cc1cc(C(=O)N2CCC(Cc3ccccc3)CC2)ccn1. The predicted molar refractivity (Wildman–Crippen MR) is 87.7 cm³/mol. The topological polar surface area (TPSA) is 33.2 Å². The molecule has 3 heteroatoms. The van der Waals surface area contributed by atoms with Crippen LogP contribution < -0.4 is 0 Å². The van der Waals surface area contributed by atoms with Crippen molar-refractivity contribution < 1.29 is 4.79 Å². The minimum atomic E-state index is 0.142. The van der Waals surface area contributed by atoms with Crippen LogP contribution >= 0.6 is 0 Å².